The fourth-order valence-corrected chi connectivity index (χ4v) is 6.06. The lowest BCUT2D eigenvalue weighted by molar-refractivity contribution is -0.272. The van der Waals surface area contributed by atoms with E-state index in [9.17, 15) is 14.6 Å². The van der Waals surface area contributed by atoms with Gasteiger partial charge in [-0.25, -0.2) is 8.78 Å². The Morgan fingerprint density at radius 2 is 1.87 bits per heavy atom. The molecular formula is C19H26F2O2. The van der Waals surface area contributed by atoms with Crippen LogP contribution in [0.25, 0.3) is 0 Å². The highest BCUT2D eigenvalue weighted by Gasteiger charge is 2.72. The zero-order chi connectivity index (χ0) is 16.7. The molecule has 0 aromatic rings. The average Bonchev–Trinajstić information content (AvgIpc) is 2.68. The van der Waals surface area contributed by atoms with Gasteiger partial charge >= 0.3 is 0 Å². The third-order valence-corrected chi connectivity index (χ3v) is 7.85. The Balaban J connectivity index is 1.81. The number of hydrogen-bond donors (Lipinski definition) is 2. The molecule has 4 aliphatic rings. The summed E-state index contributed by atoms with van der Waals surface area (Å²) >= 11 is 0. The molecule has 0 saturated heterocycles. The first-order valence-electron chi connectivity index (χ1n) is 8.80. The molecule has 2 saturated carbocycles. The van der Waals surface area contributed by atoms with E-state index in [1.807, 2.05) is 19.1 Å². The van der Waals surface area contributed by atoms with Crippen molar-refractivity contribution >= 4 is 0 Å². The summed E-state index contributed by atoms with van der Waals surface area (Å²) in [6.45, 7) is 3.70. The Kier molecular flexibility index (Phi) is 3.05. The van der Waals surface area contributed by atoms with Gasteiger partial charge in [0.25, 0.3) is 0 Å². The molecule has 7 atom stereocenters. The monoisotopic (exact) mass is 324 g/mol. The van der Waals surface area contributed by atoms with Gasteiger partial charge in [0.1, 0.15) is 5.67 Å². The molecule has 2 unspecified atom stereocenters. The zero-order valence-corrected chi connectivity index (χ0v) is 13.8. The molecule has 0 heterocycles. The maximum atomic E-state index is 16.3. The number of alkyl halides is 2. The quantitative estimate of drug-likeness (QED) is 0.527. The van der Waals surface area contributed by atoms with Crippen molar-refractivity contribution in [2.75, 3.05) is 0 Å². The first kappa shape index (κ1) is 15.8. The van der Waals surface area contributed by atoms with E-state index in [0.29, 0.717) is 6.42 Å². The van der Waals surface area contributed by atoms with Crippen molar-refractivity contribution in [1.29, 1.82) is 0 Å². The van der Waals surface area contributed by atoms with Crippen molar-refractivity contribution in [2.24, 2.45) is 28.6 Å². The van der Waals surface area contributed by atoms with Gasteiger partial charge in [0, 0.05) is 16.7 Å². The maximum absolute atomic E-state index is 16.3. The summed E-state index contributed by atoms with van der Waals surface area (Å²) in [6, 6.07) is 0. The fraction of sp³-hybridized carbons (Fsp3) is 0.789. The van der Waals surface area contributed by atoms with E-state index in [-0.39, 0.29) is 24.7 Å². The van der Waals surface area contributed by atoms with Gasteiger partial charge < -0.3 is 10.2 Å². The van der Waals surface area contributed by atoms with Crippen molar-refractivity contribution in [2.45, 2.75) is 63.6 Å². The summed E-state index contributed by atoms with van der Waals surface area (Å²) in [5.41, 5.74) is -3.00. The second-order valence-corrected chi connectivity index (χ2v) is 8.60. The molecule has 0 aliphatic heterocycles. The van der Waals surface area contributed by atoms with Gasteiger partial charge in [-0.15, -0.1) is 0 Å². The molecule has 0 amide bonds. The third kappa shape index (κ3) is 1.64. The molecule has 128 valence electrons. The lowest BCUT2D eigenvalue weighted by Gasteiger charge is -2.60. The second-order valence-electron chi connectivity index (χ2n) is 8.60. The number of fused-ring (bicyclic) bond motifs is 5. The Hall–Kier alpha value is -0.740. The van der Waals surface area contributed by atoms with Crippen LogP contribution in [0.15, 0.2) is 24.3 Å². The predicted molar refractivity (Wildman–Crippen MR) is 84.0 cm³/mol. The van der Waals surface area contributed by atoms with E-state index in [2.05, 4.69) is 12.2 Å². The summed E-state index contributed by atoms with van der Waals surface area (Å²) < 4.78 is 30.6. The topological polar surface area (TPSA) is 40.5 Å². The van der Waals surface area contributed by atoms with Crippen LogP contribution in [0.5, 0.6) is 0 Å². The Morgan fingerprint density at radius 1 is 1.13 bits per heavy atom. The van der Waals surface area contributed by atoms with Crippen LogP contribution >= 0.6 is 0 Å². The van der Waals surface area contributed by atoms with Gasteiger partial charge in [0.05, 0.1) is 0 Å². The Labute approximate surface area is 136 Å². The Morgan fingerprint density at radius 3 is 2.61 bits per heavy atom. The van der Waals surface area contributed by atoms with Gasteiger partial charge in [-0.1, -0.05) is 38.2 Å². The molecule has 0 aromatic heterocycles. The van der Waals surface area contributed by atoms with E-state index in [1.165, 1.54) is 0 Å². The first-order chi connectivity index (χ1) is 10.7. The minimum Gasteiger partial charge on any atom is -0.363 e. The second kappa shape index (κ2) is 4.45. The average molecular weight is 324 g/mol. The van der Waals surface area contributed by atoms with E-state index in [1.54, 1.807) is 6.92 Å². The van der Waals surface area contributed by atoms with Crippen LogP contribution < -0.4 is 0 Å². The van der Waals surface area contributed by atoms with Crippen LogP contribution in [0, 0.1) is 28.6 Å². The molecule has 0 spiro atoms. The number of rotatable bonds is 0. The van der Waals surface area contributed by atoms with Crippen LogP contribution in [0.2, 0.25) is 0 Å². The lowest BCUT2D eigenvalue weighted by atomic mass is 9.46. The lowest BCUT2D eigenvalue weighted by Crippen LogP contribution is -2.62. The first-order valence-corrected chi connectivity index (χ1v) is 8.80. The highest BCUT2D eigenvalue weighted by Crippen LogP contribution is 2.68. The van der Waals surface area contributed by atoms with Crippen LogP contribution in [0.4, 0.5) is 8.78 Å². The summed E-state index contributed by atoms with van der Waals surface area (Å²) in [5, 5.41) is 20.6. The van der Waals surface area contributed by atoms with Gasteiger partial charge in [-0.05, 0) is 43.9 Å². The van der Waals surface area contributed by atoms with E-state index >= 15 is 4.39 Å². The molecule has 2 fully saturated rings. The molecule has 2 N–H and O–H groups in total. The largest absolute Gasteiger partial charge is 0.363 e. The fourth-order valence-electron chi connectivity index (χ4n) is 6.06. The zero-order valence-electron chi connectivity index (χ0n) is 13.8. The normalized spacial score (nSPS) is 56.8. The summed E-state index contributed by atoms with van der Waals surface area (Å²) in [5.74, 6) is -3.01. The molecule has 4 aliphatic carbocycles. The summed E-state index contributed by atoms with van der Waals surface area (Å²) in [7, 11) is 0. The molecule has 0 bridgehead atoms. The van der Waals surface area contributed by atoms with Crippen molar-refractivity contribution in [3.8, 4) is 0 Å². The molecule has 4 rings (SSSR count). The number of aliphatic hydroxyl groups is 2. The van der Waals surface area contributed by atoms with Crippen molar-refractivity contribution in [3.05, 3.63) is 24.3 Å². The van der Waals surface area contributed by atoms with Crippen LogP contribution in [-0.4, -0.2) is 27.8 Å². The maximum Gasteiger partial charge on any atom is 0.200 e. The molecule has 0 radical (unpaired) electrons. The number of halogens is 2. The number of allylic oxidation sites excluding steroid dienone is 4. The molecule has 0 aromatic carbocycles. The SMILES string of the molecule is C[C@]12CC[C@]3(F)[C@@H](C=CC4CCC=C[C@@]43C)[C@@H]1CC(F)C2(O)O. The van der Waals surface area contributed by atoms with Crippen LogP contribution in [0.1, 0.15) is 46.0 Å². The highest BCUT2D eigenvalue weighted by molar-refractivity contribution is 5.30. The molecule has 4 heteroatoms. The minimum absolute atomic E-state index is 0.0225. The number of hydrogen-bond acceptors (Lipinski definition) is 2. The standard InChI is InChI=1S/C19H26F2O2/c1-16-8-4-3-5-12(16)6-7-13-14-11-15(20)19(22,23)17(14,2)9-10-18(13,16)21/h4,6-8,12-15,22-23H,3,5,9-11H2,1-2H3/t12?,13-,14-,15?,16-,17-,18-/m0/s1. The van der Waals surface area contributed by atoms with Gasteiger partial charge in [-0.3, -0.25) is 0 Å². The highest BCUT2D eigenvalue weighted by atomic mass is 19.1. The summed E-state index contributed by atoms with van der Waals surface area (Å²) in [4.78, 5) is 0. The van der Waals surface area contributed by atoms with Crippen LogP contribution in [-0.2, 0) is 0 Å². The summed E-state index contributed by atoms with van der Waals surface area (Å²) in [6.07, 6.45) is 8.89. The smallest absolute Gasteiger partial charge is 0.200 e. The van der Waals surface area contributed by atoms with E-state index < -0.39 is 34.4 Å². The third-order valence-electron chi connectivity index (χ3n) is 7.85. The molecular weight excluding hydrogens is 298 g/mol. The Bertz CT molecular complexity index is 586. The van der Waals surface area contributed by atoms with Gasteiger partial charge in [0.15, 0.2) is 6.17 Å². The van der Waals surface area contributed by atoms with Crippen LogP contribution in [0.3, 0.4) is 0 Å². The van der Waals surface area contributed by atoms with Gasteiger partial charge in [-0.2, -0.15) is 0 Å². The van der Waals surface area contributed by atoms with Gasteiger partial charge in [0.2, 0.25) is 5.79 Å². The van der Waals surface area contributed by atoms with E-state index in [4.69, 9.17) is 0 Å². The predicted octanol–water partition coefficient (Wildman–Crippen LogP) is 3.69. The molecule has 2 nitrogen and oxygen atoms in total. The van der Waals surface area contributed by atoms with Crippen molar-refractivity contribution in [1.82, 2.24) is 0 Å². The van der Waals surface area contributed by atoms with Crippen molar-refractivity contribution < 1.29 is 19.0 Å². The minimum atomic E-state index is -2.35. The van der Waals surface area contributed by atoms with Crippen molar-refractivity contribution in [3.63, 3.8) is 0 Å². The molecule has 23 heavy (non-hydrogen) atoms. The van der Waals surface area contributed by atoms with E-state index in [0.717, 1.165) is 12.8 Å².